The molecule has 0 nitrogen and oxygen atoms in total. The molecule has 0 aromatic carbocycles. The number of halogens is 1. The molecule has 0 aromatic rings. The van der Waals surface area contributed by atoms with Crippen LogP contribution in [0.25, 0.3) is 0 Å². The van der Waals surface area contributed by atoms with Crippen molar-refractivity contribution < 1.29 is 36.5 Å². The molecular formula is C6H11BrSiZn-. The molecule has 0 aliphatic rings. The Bertz CT molecular complexity index is 90.2. The summed E-state index contributed by atoms with van der Waals surface area (Å²) in [7, 11) is -0.956. The molecule has 49 valence electrons. The predicted molar refractivity (Wildman–Crippen MR) is 35.3 cm³/mol. The normalized spacial score (nSPS) is 8.22. The molecule has 0 aromatic heterocycles. The van der Waals surface area contributed by atoms with E-state index in [1.165, 1.54) is 0 Å². The van der Waals surface area contributed by atoms with Crippen LogP contribution in [0.1, 0.15) is 0 Å². The topological polar surface area (TPSA) is 0 Å². The van der Waals surface area contributed by atoms with E-state index in [2.05, 4.69) is 25.6 Å². The van der Waals surface area contributed by atoms with Crippen molar-refractivity contribution in [2.75, 3.05) is 0 Å². The van der Waals surface area contributed by atoms with Crippen LogP contribution in [0.15, 0.2) is 0 Å². The minimum Gasteiger partial charge on any atom is -1.00 e. The molecule has 0 spiro atoms. The first-order valence-corrected chi connectivity index (χ1v) is 6.16. The molecule has 0 atom stereocenters. The van der Waals surface area contributed by atoms with Crippen molar-refractivity contribution in [3.05, 3.63) is 6.42 Å². The van der Waals surface area contributed by atoms with Gasteiger partial charge in [-0.2, -0.15) is 0 Å². The maximum Gasteiger partial charge on any atom is 0.0574 e. The monoisotopic (exact) mass is 254 g/mol. The van der Waals surface area contributed by atoms with E-state index in [9.17, 15) is 0 Å². The second-order valence-electron chi connectivity index (χ2n) is 2.91. The number of rotatable bonds is 1. The second-order valence-corrected chi connectivity index (χ2v) is 8.39. The van der Waals surface area contributed by atoms with Crippen molar-refractivity contribution in [1.29, 1.82) is 0 Å². The van der Waals surface area contributed by atoms with Gasteiger partial charge >= 0.3 is 0 Å². The van der Waals surface area contributed by atoms with Gasteiger partial charge in [-0.15, -0.1) is 0 Å². The van der Waals surface area contributed by atoms with Gasteiger partial charge < -0.3 is 17.0 Å². The SMILES string of the molecule is [Br-].[C]#CC[Si](C)(C)C.[Zn]. The molecule has 0 bridgehead atoms. The summed E-state index contributed by atoms with van der Waals surface area (Å²) in [6, 6.07) is 0.896. The molecule has 0 unspecified atom stereocenters. The molecule has 0 heterocycles. The molecular weight excluding hydrogens is 245 g/mol. The van der Waals surface area contributed by atoms with E-state index in [0.29, 0.717) is 0 Å². The van der Waals surface area contributed by atoms with E-state index in [1.807, 2.05) is 0 Å². The van der Waals surface area contributed by atoms with Crippen molar-refractivity contribution in [2.45, 2.75) is 25.7 Å². The molecule has 0 rings (SSSR count). The van der Waals surface area contributed by atoms with Gasteiger partial charge in [0.2, 0.25) is 0 Å². The molecule has 0 aliphatic heterocycles. The molecule has 0 N–H and O–H groups in total. The van der Waals surface area contributed by atoms with Crippen LogP contribution in [0.2, 0.25) is 25.7 Å². The minimum atomic E-state index is -0.956. The fourth-order valence-corrected chi connectivity index (χ4v) is 0.795. The summed E-state index contributed by atoms with van der Waals surface area (Å²) in [5, 5.41) is 0. The Hall–Kier alpha value is 0.880. The molecule has 0 fully saturated rings. The Morgan fingerprint density at radius 3 is 1.67 bits per heavy atom. The van der Waals surface area contributed by atoms with E-state index in [4.69, 9.17) is 6.42 Å². The summed E-state index contributed by atoms with van der Waals surface area (Å²) in [5.74, 6) is 2.42. The first kappa shape index (κ1) is 16.5. The Labute approximate surface area is 82.3 Å². The Morgan fingerprint density at radius 2 is 1.67 bits per heavy atom. The van der Waals surface area contributed by atoms with Gasteiger partial charge in [0.1, 0.15) is 0 Å². The average molecular weight is 257 g/mol. The van der Waals surface area contributed by atoms with E-state index in [1.54, 1.807) is 0 Å². The third-order valence-corrected chi connectivity index (χ3v) is 1.86. The summed E-state index contributed by atoms with van der Waals surface area (Å²) in [4.78, 5) is 0. The maximum absolute atomic E-state index is 6.64. The quantitative estimate of drug-likeness (QED) is 0.413. The van der Waals surface area contributed by atoms with Gasteiger partial charge in [0.15, 0.2) is 0 Å². The summed E-state index contributed by atoms with van der Waals surface area (Å²) in [6.07, 6.45) is 6.64. The van der Waals surface area contributed by atoms with E-state index >= 15 is 0 Å². The van der Waals surface area contributed by atoms with Gasteiger partial charge in [-0.05, 0) is 6.42 Å². The van der Waals surface area contributed by atoms with Crippen LogP contribution in [-0.2, 0) is 19.5 Å². The van der Waals surface area contributed by atoms with Gasteiger partial charge in [-0.25, -0.2) is 0 Å². The molecule has 0 saturated heterocycles. The molecule has 0 amide bonds. The third-order valence-electron chi connectivity index (χ3n) is 0.619. The van der Waals surface area contributed by atoms with Crippen LogP contribution >= 0.6 is 0 Å². The van der Waals surface area contributed by atoms with E-state index in [-0.39, 0.29) is 36.5 Å². The Morgan fingerprint density at radius 1 is 1.33 bits per heavy atom. The fourth-order valence-electron chi connectivity index (χ4n) is 0.265. The van der Waals surface area contributed by atoms with Crippen LogP contribution in [0, 0.1) is 12.3 Å². The predicted octanol–water partition coefficient (Wildman–Crippen LogP) is -1.08. The smallest absolute Gasteiger partial charge is 0.0574 e. The first-order valence-electron chi connectivity index (χ1n) is 2.46. The zero-order valence-electron chi connectivity index (χ0n) is 6.29. The van der Waals surface area contributed by atoms with Crippen molar-refractivity contribution in [3.63, 3.8) is 0 Å². The third kappa shape index (κ3) is 17.7. The van der Waals surface area contributed by atoms with Crippen molar-refractivity contribution >= 4 is 8.07 Å². The van der Waals surface area contributed by atoms with Crippen LogP contribution in [-0.4, -0.2) is 8.07 Å². The first-order chi connectivity index (χ1) is 3.06. The molecule has 3 heteroatoms. The van der Waals surface area contributed by atoms with Gasteiger partial charge in [-0.3, -0.25) is 0 Å². The van der Waals surface area contributed by atoms with Crippen molar-refractivity contribution in [3.8, 4) is 5.92 Å². The van der Waals surface area contributed by atoms with Crippen LogP contribution < -0.4 is 17.0 Å². The van der Waals surface area contributed by atoms with E-state index < -0.39 is 8.07 Å². The maximum atomic E-state index is 6.64. The molecule has 0 aliphatic carbocycles. The molecule has 0 saturated carbocycles. The summed E-state index contributed by atoms with van der Waals surface area (Å²) >= 11 is 0. The van der Waals surface area contributed by atoms with Crippen LogP contribution in [0.5, 0.6) is 0 Å². The largest absolute Gasteiger partial charge is 1.00 e. The van der Waals surface area contributed by atoms with Gasteiger partial charge in [0.25, 0.3) is 0 Å². The van der Waals surface area contributed by atoms with Crippen LogP contribution in [0.4, 0.5) is 0 Å². The van der Waals surface area contributed by atoms with Gasteiger partial charge in [0.05, 0.1) is 8.07 Å². The minimum absolute atomic E-state index is 0. The van der Waals surface area contributed by atoms with Crippen molar-refractivity contribution in [2.24, 2.45) is 0 Å². The summed E-state index contributed by atoms with van der Waals surface area (Å²) in [6.45, 7) is 6.69. The standard InChI is InChI=1S/C6H11Si.BrH.Zn/c1-5-6-7(2,3)4;;/h6H2,2-4H3;1H;/p-1. The number of hydrogen-bond acceptors (Lipinski definition) is 0. The zero-order valence-corrected chi connectivity index (χ0v) is 11.8. The molecule has 9 heavy (non-hydrogen) atoms. The van der Waals surface area contributed by atoms with E-state index in [0.717, 1.165) is 6.04 Å². The zero-order chi connectivity index (χ0) is 5.91. The number of hydrogen-bond donors (Lipinski definition) is 0. The van der Waals surface area contributed by atoms with Crippen molar-refractivity contribution in [1.82, 2.24) is 0 Å². The van der Waals surface area contributed by atoms with Gasteiger partial charge in [-0.1, -0.05) is 25.6 Å². The van der Waals surface area contributed by atoms with Crippen LogP contribution in [0.3, 0.4) is 0 Å². The van der Waals surface area contributed by atoms with Gasteiger partial charge in [0, 0.05) is 25.5 Å². The summed E-state index contributed by atoms with van der Waals surface area (Å²) < 4.78 is 0. The Balaban J connectivity index is -0.000000180. The fraction of sp³-hybridized carbons (Fsp3) is 0.667. The molecule has 1 radical (unpaired) electrons. The summed E-state index contributed by atoms with van der Waals surface area (Å²) in [5.41, 5.74) is 0. The Kier molecular flexibility index (Phi) is 12.8. The average Bonchev–Trinajstić information content (AvgIpc) is 1.30. The second kappa shape index (κ2) is 6.99.